The van der Waals surface area contributed by atoms with E-state index in [-0.39, 0.29) is 0 Å². The van der Waals surface area contributed by atoms with E-state index in [1.165, 1.54) is 70.9 Å². The van der Waals surface area contributed by atoms with Crippen molar-refractivity contribution in [2.75, 3.05) is 0 Å². The van der Waals surface area contributed by atoms with E-state index in [0.717, 1.165) is 1.57 Å². The molecule has 0 aromatic heterocycles. The molecular weight excluding hydrogens is 335 g/mol. The summed E-state index contributed by atoms with van der Waals surface area (Å²) in [6.07, 6.45) is 7.22. The van der Waals surface area contributed by atoms with Gasteiger partial charge in [-0.25, -0.2) is 4.57 Å². The van der Waals surface area contributed by atoms with E-state index in [4.69, 9.17) is 19.2 Å². The molecule has 0 spiro atoms. The van der Waals surface area contributed by atoms with Gasteiger partial charge >= 0.3 is 94.1 Å². The molecule has 0 amide bonds. The summed E-state index contributed by atoms with van der Waals surface area (Å²) in [6, 6.07) is 0. The van der Waals surface area contributed by atoms with Crippen LogP contribution in [0.3, 0.4) is 0 Å². The Labute approximate surface area is 112 Å². The van der Waals surface area contributed by atoms with Crippen molar-refractivity contribution in [2.24, 2.45) is 0 Å². The summed E-state index contributed by atoms with van der Waals surface area (Å²) in [4.78, 5) is 21.6. The molecule has 0 aliphatic carbocycles. The molecule has 1 unspecified atom stereocenters. The number of hydrogen-bond acceptors (Lipinski definition) is 1. The van der Waals surface area contributed by atoms with E-state index < -0.39 is 7.82 Å². The van der Waals surface area contributed by atoms with Gasteiger partial charge in [-0.2, -0.15) is 0 Å². The van der Waals surface area contributed by atoms with Crippen LogP contribution in [0.25, 0.3) is 0 Å². The molecule has 0 aromatic rings. The minimum absolute atomic E-state index is 1.04. The van der Waals surface area contributed by atoms with Gasteiger partial charge in [-0.05, 0) is 0 Å². The van der Waals surface area contributed by atoms with Crippen molar-refractivity contribution < 1.29 is 58.0 Å². The van der Waals surface area contributed by atoms with Crippen molar-refractivity contribution in [3.05, 3.63) is 0 Å². The molecule has 1 atom stereocenters. The summed E-state index contributed by atoms with van der Waals surface area (Å²) < 4.78 is 9.93. The molecule has 0 heterocycles. The summed E-state index contributed by atoms with van der Waals surface area (Å²) in [5.41, 5.74) is 0. The van der Waals surface area contributed by atoms with Gasteiger partial charge in [-0.1, -0.05) is 0 Å². The molecule has 3 N–H and O–H groups in total. The van der Waals surface area contributed by atoms with Crippen LogP contribution >= 0.6 is 7.82 Å². The van der Waals surface area contributed by atoms with Crippen molar-refractivity contribution >= 4 is 7.82 Å². The first kappa shape index (κ1) is 17.8. The van der Waals surface area contributed by atoms with Gasteiger partial charge in [0.15, 0.2) is 0 Å². The van der Waals surface area contributed by atoms with Crippen LogP contribution in [-0.4, -0.2) is 14.7 Å². The first-order valence-corrected chi connectivity index (χ1v) is 8.18. The van der Waals surface area contributed by atoms with Gasteiger partial charge in [-0.3, -0.25) is 0 Å². The molecule has 0 aliphatic heterocycles. The molecular formula is C8H20NdO4P. The maximum atomic E-state index is 8.88. The van der Waals surface area contributed by atoms with Crippen LogP contribution in [0.5, 0.6) is 0 Å². The Morgan fingerprint density at radius 2 is 1.64 bits per heavy atom. The van der Waals surface area contributed by atoms with Crippen LogP contribution in [0.4, 0.5) is 0 Å². The Morgan fingerprint density at radius 3 is 1.93 bits per heavy atom. The predicted molar refractivity (Wildman–Crippen MR) is 52.4 cm³/mol. The third-order valence-corrected chi connectivity index (χ3v) is 2.42. The molecule has 0 aliphatic rings. The number of unbranched alkanes of at least 4 members (excludes halogenated alkanes) is 3. The largest absolute Gasteiger partial charge is 0.466 e. The van der Waals surface area contributed by atoms with Gasteiger partial charge in [0.25, 0.3) is 0 Å². The van der Waals surface area contributed by atoms with Gasteiger partial charge < -0.3 is 14.7 Å². The summed E-state index contributed by atoms with van der Waals surface area (Å²) in [7, 11) is -4.64. The fourth-order valence-electron chi connectivity index (χ4n) is 0.877. The van der Waals surface area contributed by atoms with E-state index in [0.29, 0.717) is 0 Å². The Morgan fingerprint density at radius 1 is 1.21 bits per heavy atom. The average Bonchev–Trinajstić information content (AvgIpc) is 1.94. The molecule has 0 bridgehead atoms. The molecule has 0 rings (SSSR count). The Hall–Kier alpha value is 1.46. The SMILES string of the molecule is CCCCCC[CH](C)[Nd].O=P(O)(O)O. The zero-order valence-corrected chi connectivity index (χ0v) is 12.9. The monoisotopic (exact) mass is 353 g/mol. The standard InChI is InChI=1S/C8H17.Nd.H3O4P/c1-3-5-7-8-6-4-2;;1-5(2,3)4/h3H,4-8H2,1-2H3;;(H3,1,2,3,4). The first-order chi connectivity index (χ1) is 6.27. The molecule has 85 valence electrons. The normalized spacial score (nSPS) is 12.9. The van der Waals surface area contributed by atoms with Gasteiger partial charge in [0.2, 0.25) is 0 Å². The Kier molecular flexibility index (Phi) is 14.0. The topological polar surface area (TPSA) is 77.8 Å². The third-order valence-electron chi connectivity index (χ3n) is 1.49. The molecule has 6 heteroatoms. The molecule has 4 nitrogen and oxygen atoms in total. The van der Waals surface area contributed by atoms with Crippen LogP contribution in [0.2, 0.25) is 1.57 Å². The second-order valence-corrected chi connectivity index (χ2v) is 7.45. The van der Waals surface area contributed by atoms with Crippen molar-refractivity contribution in [2.45, 2.75) is 47.5 Å². The molecule has 14 heavy (non-hydrogen) atoms. The average molecular weight is 355 g/mol. The second-order valence-electron chi connectivity index (χ2n) is 3.26. The van der Waals surface area contributed by atoms with Crippen molar-refractivity contribution in [1.29, 1.82) is 0 Å². The fourth-order valence-corrected chi connectivity index (χ4v) is 1.53. The quantitative estimate of drug-likeness (QED) is 0.523. The van der Waals surface area contributed by atoms with E-state index in [2.05, 4.69) is 13.8 Å². The van der Waals surface area contributed by atoms with Crippen LogP contribution in [0, 0.1) is 38.8 Å². The fraction of sp³-hybridized carbons (Fsp3) is 1.00. The molecule has 0 radical (unpaired) electrons. The van der Waals surface area contributed by atoms with Crippen molar-refractivity contribution in [1.82, 2.24) is 0 Å². The van der Waals surface area contributed by atoms with Crippen molar-refractivity contribution in [3.63, 3.8) is 0 Å². The Balaban J connectivity index is 0. The van der Waals surface area contributed by atoms with Crippen LogP contribution in [0.1, 0.15) is 46.0 Å². The van der Waals surface area contributed by atoms with Gasteiger partial charge in [0.05, 0.1) is 0 Å². The molecule has 0 fully saturated rings. The maximum Gasteiger partial charge on any atom is 0.466 e. The third kappa shape index (κ3) is 37.5. The molecule has 0 saturated carbocycles. The van der Waals surface area contributed by atoms with E-state index in [9.17, 15) is 0 Å². The summed E-state index contributed by atoms with van der Waals surface area (Å²) in [5.74, 6) is 0. The predicted octanol–water partition coefficient (Wildman–Crippen LogP) is 2.39. The van der Waals surface area contributed by atoms with Gasteiger partial charge in [0, 0.05) is 0 Å². The van der Waals surface area contributed by atoms with E-state index in [1.54, 1.807) is 0 Å². The summed E-state index contributed by atoms with van der Waals surface area (Å²) in [5, 5.41) is 0. The number of hydrogen-bond donors (Lipinski definition) is 3. The van der Waals surface area contributed by atoms with Gasteiger partial charge in [0.1, 0.15) is 0 Å². The number of phosphoric acid groups is 1. The summed E-state index contributed by atoms with van der Waals surface area (Å²) in [6.45, 7) is 4.63. The van der Waals surface area contributed by atoms with Crippen LogP contribution in [-0.2, 0) is 4.57 Å². The van der Waals surface area contributed by atoms with Crippen LogP contribution in [0.15, 0.2) is 0 Å². The first-order valence-electron chi connectivity index (χ1n) is 4.76. The molecule has 0 aromatic carbocycles. The van der Waals surface area contributed by atoms with E-state index >= 15 is 0 Å². The van der Waals surface area contributed by atoms with Gasteiger partial charge in [-0.15, -0.1) is 0 Å². The zero-order chi connectivity index (χ0) is 11.6. The smallest absolute Gasteiger partial charge is 0.303 e. The van der Waals surface area contributed by atoms with Crippen molar-refractivity contribution in [3.8, 4) is 0 Å². The minimum Gasteiger partial charge on any atom is -0.303 e. The Bertz CT molecular complexity index is 149. The van der Waals surface area contributed by atoms with E-state index in [1.807, 2.05) is 0 Å². The van der Waals surface area contributed by atoms with Crippen LogP contribution < -0.4 is 0 Å². The maximum absolute atomic E-state index is 8.88. The zero-order valence-electron chi connectivity index (χ0n) is 8.81. The minimum atomic E-state index is -4.64. The second kappa shape index (κ2) is 11.0. The number of rotatable bonds is 5. The molecule has 0 saturated heterocycles. The summed E-state index contributed by atoms with van der Waals surface area (Å²) >= 11 is 1.39.